The molecule has 6 nitrogen and oxygen atoms in total. The highest BCUT2D eigenvalue weighted by molar-refractivity contribution is 14.1. The van der Waals surface area contributed by atoms with Gasteiger partial charge in [-0.05, 0) is 46.4 Å². The second kappa shape index (κ2) is 7.57. The van der Waals surface area contributed by atoms with Gasteiger partial charge in [-0.25, -0.2) is 9.67 Å². The lowest BCUT2D eigenvalue weighted by Gasteiger charge is -2.06. The second-order valence-electron chi connectivity index (χ2n) is 5.93. The molecule has 1 aromatic carbocycles. The summed E-state index contributed by atoms with van der Waals surface area (Å²) in [4.78, 5) is 8.92. The van der Waals surface area contributed by atoms with Crippen LogP contribution in [-0.2, 0) is 13.6 Å². The largest absolute Gasteiger partial charge is 0.332 e. The molecule has 0 amide bonds. The van der Waals surface area contributed by atoms with E-state index in [4.69, 9.17) is 23.2 Å². The Hall–Kier alpha value is -1.97. The van der Waals surface area contributed by atoms with Crippen molar-refractivity contribution < 1.29 is 0 Å². The molecular formula is C18H13Cl2IN6. The van der Waals surface area contributed by atoms with Gasteiger partial charge in [-0.1, -0.05) is 40.5 Å². The van der Waals surface area contributed by atoms with Gasteiger partial charge in [0, 0.05) is 25.0 Å². The minimum Gasteiger partial charge on any atom is -0.332 e. The normalized spacial score (nSPS) is 11.1. The van der Waals surface area contributed by atoms with Gasteiger partial charge in [0.15, 0.2) is 0 Å². The number of imidazole rings is 1. The van der Waals surface area contributed by atoms with Crippen LogP contribution in [0, 0.1) is 3.70 Å². The summed E-state index contributed by atoms with van der Waals surface area (Å²) in [6, 6.07) is 9.48. The lowest BCUT2D eigenvalue weighted by atomic mass is 10.1. The topological polar surface area (TPSA) is 61.4 Å². The Morgan fingerprint density at radius 2 is 1.96 bits per heavy atom. The van der Waals surface area contributed by atoms with Crippen LogP contribution >= 0.6 is 45.8 Å². The number of benzene rings is 1. The monoisotopic (exact) mass is 510 g/mol. The van der Waals surface area contributed by atoms with Crippen molar-refractivity contribution in [1.82, 2.24) is 29.5 Å². The van der Waals surface area contributed by atoms with Gasteiger partial charge in [0.05, 0.1) is 28.6 Å². The Morgan fingerprint density at radius 3 is 2.74 bits per heavy atom. The highest BCUT2D eigenvalue weighted by Crippen LogP contribution is 2.28. The Kier molecular flexibility index (Phi) is 5.16. The van der Waals surface area contributed by atoms with E-state index >= 15 is 0 Å². The SMILES string of the molecule is Cn1nnc(-c2ccnc(-c3cn(Cc4cccc(Cl)c4Cl)cn3)c2)c1I. The molecule has 4 aromatic rings. The minimum absolute atomic E-state index is 0.544. The van der Waals surface area contributed by atoms with Gasteiger partial charge in [0.25, 0.3) is 0 Å². The standard InChI is InChI=1S/C18H13Cl2IN6/c1-26-18(21)17(24-25-26)11-5-6-22-14(7-11)15-9-27(10-23-15)8-12-3-2-4-13(19)16(12)20/h2-7,9-10H,8H2,1H3. The maximum absolute atomic E-state index is 6.28. The zero-order valence-electron chi connectivity index (χ0n) is 14.1. The molecule has 3 heterocycles. The molecule has 9 heteroatoms. The Labute approximate surface area is 179 Å². The van der Waals surface area contributed by atoms with Crippen LogP contribution in [0.25, 0.3) is 22.6 Å². The molecule has 0 fully saturated rings. The molecular weight excluding hydrogens is 498 g/mol. The molecule has 0 aliphatic heterocycles. The third kappa shape index (κ3) is 3.71. The summed E-state index contributed by atoms with van der Waals surface area (Å²) in [5.74, 6) is 0. The zero-order chi connectivity index (χ0) is 19.0. The van der Waals surface area contributed by atoms with E-state index in [0.29, 0.717) is 16.6 Å². The number of hydrogen-bond donors (Lipinski definition) is 0. The first-order valence-electron chi connectivity index (χ1n) is 7.99. The lowest BCUT2D eigenvalue weighted by molar-refractivity contribution is 0.701. The lowest BCUT2D eigenvalue weighted by Crippen LogP contribution is -1.97. The van der Waals surface area contributed by atoms with Crippen LogP contribution in [0.4, 0.5) is 0 Å². The number of nitrogens with zero attached hydrogens (tertiary/aromatic N) is 6. The van der Waals surface area contributed by atoms with E-state index in [1.54, 1.807) is 23.3 Å². The Morgan fingerprint density at radius 1 is 1.11 bits per heavy atom. The summed E-state index contributed by atoms with van der Waals surface area (Å²) < 4.78 is 4.65. The maximum atomic E-state index is 6.28. The fourth-order valence-corrected chi connectivity index (χ4v) is 3.58. The molecule has 0 bridgehead atoms. The molecule has 0 N–H and O–H groups in total. The van der Waals surface area contributed by atoms with E-state index in [9.17, 15) is 0 Å². The first-order chi connectivity index (χ1) is 13.0. The van der Waals surface area contributed by atoms with Crippen LogP contribution in [-0.4, -0.2) is 29.5 Å². The van der Waals surface area contributed by atoms with Gasteiger partial charge in [0.2, 0.25) is 0 Å². The van der Waals surface area contributed by atoms with Crippen molar-refractivity contribution in [1.29, 1.82) is 0 Å². The fourth-order valence-electron chi connectivity index (χ4n) is 2.69. The molecule has 0 unspecified atom stereocenters. The number of aryl methyl sites for hydroxylation is 1. The van der Waals surface area contributed by atoms with Crippen molar-refractivity contribution in [2.45, 2.75) is 6.54 Å². The summed E-state index contributed by atoms with van der Waals surface area (Å²) in [5.41, 5.74) is 4.25. The van der Waals surface area contributed by atoms with E-state index in [0.717, 1.165) is 31.9 Å². The second-order valence-corrected chi connectivity index (χ2v) is 7.73. The van der Waals surface area contributed by atoms with Crippen molar-refractivity contribution in [3.05, 3.63) is 68.4 Å². The summed E-state index contributed by atoms with van der Waals surface area (Å²) in [5, 5.41) is 9.39. The van der Waals surface area contributed by atoms with E-state index in [1.165, 1.54) is 0 Å². The van der Waals surface area contributed by atoms with Crippen molar-refractivity contribution in [2.24, 2.45) is 7.05 Å². The predicted octanol–water partition coefficient (Wildman–Crippen LogP) is 4.70. The number of aromatic nitrogens is 6. The van der Waals surface area contributed by atoms with Crippen LogP contribution < -0.4 is 0 Å². The average Bonchev–Trinajstić information content (AvgIpc) is 3.27. The summed E-state index contributed by atoms with van der Waals surface area (Å²) >= 11 is 14.6. The summed E-state index contributed by atoms with van der Waals surface area (Å²) in [6.07, 6.45) is 5.44. The van der Waals surface area contributed by atoms with Crippen LogP contribution in [0.5, 0.6) is 0 Å². The van der Waals surface area contributed by atoms with Gasteiger partial charge in [-0.3, -0.25) is 4.98 Å². The van der Waals surface area contributed by atoms with Gasteiger partial charge in [-0.15, -0.1) is 5.10 Å². The highest BCUT2D eigenvalue weighted by Gasteiger charge is 2.13. The van der Waals surface area contributed by atoms with Gasteiger partial charge >= 0.3 is 0 Å². The van der Waals surface area contributed by atoms with Gasteiger partial charge < -0.3 is 4.57 Å². The molecule has 0 radical (unpaired) electrons. The quantitative estimate of drug-likeness (QED) is 0.373. The molecule has 0 aliphatic carbocycles. The summed E-state index contributed by atoms with van der Waals surface area (Å²) in [7, 11) is 1.86. The fraction of sp³-hybridized carbons (Fsp3) is 0.111. The van der Waals surface area contributed by atoms with E-state index in [2.05, 4.69) is 42.9 Å². The average molecular weight is 511 g/mol. The van der Waals surface area contributed by atoms with Gasteiger partial charge in [-0.2, -0.15) is 0 Å². The number of rotatable bonds is 4. The maximum Gasteiger partial charge on any atom is 0.127 e. The molecule has 4 rings (SSSR count). The predicted molar refractivity (Wildman–Crippen MR) is 114 cm³/mol. The first kappa shape index (κ1) is 18.4. The third-order valence-corrected chi connectivity index (χ3v) is 6.14. The third-order valence-electron chi connectivity index (χ3n) is 4.07. The Bertz CT molecular complexity index is 1120. The molecule has 3 aromatic heterocycles. The van der Waals surface area contributed by atoms with Crippen molar-refractivity contribution in [3.8, 4) is 22.6 Å². The molecule has 27 heavy (non-hydrogen) atoms. The van der Waals surface area contributed by atoms with Crippen LogP contribution in [0.2, 0.25) is 10.0 Å². The molecule has 0 saturated heterocycles. The number of pyridine rings is 1. The van der Waals surface area contributed by atoms with E-state index in [1.807, 2.05) is 42.1 Å². The molecule has 136 valence electrons. The van der Waals surface area contributed by atoms with Crippen LogP contribution in [0.3, 0.4) is 0 Å². The van der Waals surface area contributed by atoms with Gasteiger partial charge in [0.1, 0.15) is 15.1 Å². The van der Waals surface area contributed by atoms with E-state index < -0.39 is 0 Å². The van der Waals surface area contributed by atoms with Crippen LogP contribution in [0.1, 0.15) is 5.56 Å². The Balaban J connectivity index is 1.63. The molecule has 0 spiro atoms. The summed E-state index contributed by atoms with van der Waals surface area (Å²) in [6.45, 7) is 0.578. The molecule has 0 aliphatic rings. The number of halogens is 3. The minimum atomic E-state index is 0.544. The van der Waals surface area contributed by atoms with Crippen LogP contribution in [0.15, 0.2) is 49.1 Å². The molecule has 0 saturated carbocycles. The first-order valence-corrected chi connectivity index (χ1v) is 9.83. The van der Waals surface area contributed by atoms with Crippen molar-refractivity contribution in [2.75, 3.05) is 0 Å². The highest BCUT2D eigenvalue weighted by atomic mass is 127. The number of hydrogen-bond acceptors (Lipinski definition) is 4. The van der Waals surface area contributed by atoms with Crippen molar-refractivity contribution >= 4 is 45.8 Å². The van der Waals surface area contributed by atoms with E-state index in [-0.39, 0.29) is 0 Å². The zero-order valence-corrected chi connectivity index (χ0v) is 17.8. The molecule has 0 atom stereocenters. The smallest absolute Gasteiger partial charge is 0.127 e. The van der Waals surface area contributed by atoms with Crippen molar-refractivity contribution in [3.63, 3.8) is 0 Å².